The Kier molecular flexibility index (Phi) is 4.96. The van der Waals surface area contributed by atoms with Crippen molar-refractivity contribution in [2.45, 2.75) is 26.7 Å². The van der Waals surface area contributed by atoms with Gasteiger partial charge in [-0.2, -0.15) is 0 Å². The lowest BCUT2D eigenvalue weighted by atomic mass is 10.0. The van der Waals surface area contributed by atoms with E-state index in [1.165, 1.54) is 11.1 Å². The van der Waals surface area contributed by atoms with Crippen molar-refractivity contribution in [3.05, 3.63) is 63.6 Å². The minimum Gasteiger partial charge on any atom is -0.326 e. The highest BCUT2D eigenvalue weighted by atomic mass is 79.9. The lowest BCUT2D eigenvalue weighted by molar-refractivity contribution is -0.116. The predicted octanol–water partition coefficient (Wildman–Crippen LogP) is 4.64. The molecule has 0 aliphatic heterocycles. The average molecular weight is 332 g/mol. The van der Waals surface area contributed by atoms with Crippen LogP contribution in [0.15, 0.2) is 46.9 Å². The van der Waals surface area contributed by atoms with E-state index in [1.54, 1.807) is 0 Å². The van der Waals surface area contributed by atoms with Crippen LogP contribution in [0.4, 0.5) is 5.69 Å². The summed E-state index contributed by atoms with van der Waals surface area (Å²) in [5.41, 5.74) is 4.40. The molecule has 0 atom stereocenters. The van der Waals surface area contributed by atoms with Crippen LogP contribution in [0.5, 0.6) is 0 Å². The molecule has 2 rings (SSSR count). The zero-order valence-electron chi connectivity index (χ0n) is 11.7. The molecular weight excluding hydrogens is 314 g/mol. The standard InChI is InChI=1S/C17H18BrNO/c1-12-5-3-4-6-14(12)7-10-17(20)19-16-9-8-15(18)11-13(16)2/h3-6,8-9,11H,7,10H2,1-2H3,(H,19,20). The highest BCUT2D eigenvalue weighted by molar-refractivity contribution is 9.10. The topological polar surface area (TPSA) is 29.1 Å². The molecule has 2 aromatic carbocycles. The highest BCUT2D eigenvalue weighted by Crippen LogP contribution is 2.20. The van der Waals surface area contributed by atoms with Gasteiger partial charge >= 0.3 is 0 Å². The number of nitrogens with one attached hydrogen (secondary N) is 1. The van der Waals surface area contributed by atoms with Gasteiger partial charge in [0.25, 0.3) is 0 Å². The summed E-state index contributed by atoms with van der Waals surface area (Å²) < 4.78 is 1.02. The Labute approximate surface area is 128 Å². The number of halogens is 1. The Balaban J connectivity index is 1.94. The molecule has 0 aliphatic carbocycles. The van der Waals surface area contributed by atoms with Crippen LogP contribution in [-0.2, 0) is 11.2 Å². The van der Waals surface area contributed by atoms with Gasteiger partial charge in [0, 0.05) is 16.6 Å². The molecule has 0 aliphatic rings. The first kappa shape index (κ1) is 14.8. The van der Waals surface area contributed by atoms with Gasteiger partial charge in [0.05, 0.1) is 0 Å². The molecule has 2 aromatic rings. The Morgan fingerprint density at radius 2 is 1.85 bits per heavy atom. The first-order valence-electron chi connectivity index (χ1n) is 6.67. The molecule has 0 radical (unpaired) electrons. The van der Waals surface area contributed by atoms with Crippen LogP contribution in [0.1, 0.15) is 23.1 Å². The summed E-state index contributed by atoms with van der Waals surface area (Å²) in [7, 11) is 0. The van der Waals surface area contributed by atoms with Crippen molar-refractivity contribution in [3.63, 3.8) is 0 Å². The van der Waals surface area contributed by atoms with E-state index in [1.807, 2.05) is 37.3 Å². The number of hydrogen-bond donors (Lipinski definition) is 1. The van der Waals surface area contributed by atoms with Crippen molar-refractivity contribution in [2.75, 3.05) is 5.32 Å². The molecule has 1 N–H and O–H groups in total. The summed E-state index contributed by atoms with van der Waals surface area (Å²) in [6.07, 6.45) is 1.27. The highest BCUT2D eigenvalue weighted by Gasteiger charge is 2.06. The van der Waals surface area contributed by atoms with Crippen LogP contribution in [0.2, 0.25) is 0 Å². The number of hydrogen-bond acceptors (Lipinski definition) is 1. The van der Waals surface area contributed by atoms with E-state index < -0.39 is 0 Å². The van der Waals surface area contributed by atoms with Crippen molar-refractivity contribution in [2.24, 2.45) is 0 Å². The molecular formula is C17H18BrNO. The van der Waals surface area contributed by atoms with Crippen LogP contribution < -0.4 is 5.32 Å². The second kappa shape index (κ2) is 6.71. The molecule has 2 nitrogen and oxygen atoms in total. The first-order chi connectivity index (χ1) is 9.56. The van der Waals surface area contributed by atoms with Gasteiger partial charge in [-0.25, -0.2) is 0 Å². The van der Waals surface area contributed by atoms with Gasteiger partial charge in [-0.1, -0.05) is 40.2 Å². The minimum absolute atomic E-state index is 0.0543. The number of rotatable bonds is 4. The Bertz CT molecular complexity index is 622. The van der Waals surface area contributed by atoms with Crippen LogP contribution in [0.3, 0.4) is 0 Å². The zero-order chi connectivity index (χ0) is 14.5. The van der Waals surface area contributed by atoms with Gasteiger partial charge in [-0.05, 0) is 55.2 Å². The molecule has 3 heteroatoms. The average Bonchev–Trinajstić information content (AvgIpc) is 2.41. The molecule has 0 unspecified atom stereocenters. The molecule has 20 heavy (non-hydrogen) atoms. The Morgan fingerprint density at radius 1 is 1.10 bits per heavy atom. The molecule has 104 valence electrons. The van der Waals surface area contributed by atoms with Crippen LogP contribution in [0, 0.1) is 13.8 Å². The fourth-order valence-electron chi connectivity index (χ4n) is 2.12. The Hall–Kier alpha value is -1.61. The van der Waals surface area contributed by atoms with Crippen molar-refractivity contribution in [1.29, 1.82) is 0 Å². The molecule has 0 saturated carbocycles. The van der Waals surface area contributed by atoms with Gasteiger partial charge in [0.15, 0.2) is 0 Å². The zero-order valence-corrected chi connectivity index (χ0v) is 13.3. The van der Waals surface area contributed by atoms with Gasteiger partial charge in [-0.3, -0.25) is 4.79 Å². The maximum absolute atomic E-state index is 12.0. The SMILES string of the molecule is Cc1ccccc1CCC(=O)Nc1ccc(Br)cc1C. The fourth-order valence-corrected chi connectivity index (χ4v) is 2.59. The van der Waals surface area contributed by atoms with E-state index in [9.17, 15) is 4.79 Å². The van der Waals surface area contributed by atoms with Crippen LogP contribution in [0.25, 0.3) is 0 Å². The summed E-state index contributed by atoms with van der Waals surface area (Å²) in [6, 6.07) is 14.0. The van der Waals surface area contributed by atoms with Gasteiger partial charge in [0.1, 0.15) is 0 Å². The molecule has 0 saturated heterocycles. The molecule has 0 bridgehead atoms. The minimum atomic E-state index is 0.0543. The molecule has 1 amide bonds. The van der Waals surface area contributed by atoms with E-state index in [2.05, 4.69) is 40.3 Å². The normalized spacial score (nSPS) is 10.3. The van der Waals surface area contributed by atoms with Crippen molar-refractivity contribution >= 4 is 27.5 Å². The molecule has 0 fully saturated rings. The summed E-state index contributed by atoms with van der Waals surface area (Å²) in [4.78, 5) is 12.0. The van der Waals surface area contributed by atoms with Gasteiger partial charge in [-0.15, -0.1) is 0 Å². The third-order valence-corrected chi connectivity index (χ3v) is 3.84. The van der Waals surface area contributed by atoms with E-state index in [0.717, 1.165) is 22.1 Å². The smallest absolute Gasteiger partial charge is 0.224 e. The second-order valence-corrected chi connectivity index (χ2v) is 5.85. The number of aryl methyl sites for hydroxylation is 3. The van der Waals surface area contributed by atoms with E-state index in [0.29, 0.717) is 6.42 Å². The Morgan fingerprint density at radius 3 is 2.55 bits per heavy atom. The monoisotopic (exact) mass is 331 g/mol. The van der Waals surface area contributed by atoms with Crippen molar-refractivity contribution in [3.8, 4) is 0 Å². The maximum Gasteiger partial charge on any atom is 0.224 e. The van der Waals surface area contributed by atoms with Gasteiger partial charge in [0.2, 0.25) is 5.91 Å². The predicted molar refractivity (Wildman–Crippen MR) is 87.0 cm³/mol. The lowest BCUT2D eigenvalue weighted by Crippen LogP contribution is -2.13. The third-order valence-electron chi connectivity index (χ3n) is 3.35. The quantitative estimate of drug-likeness (QED) is 0.868. The van der Waals surface area contributed by atoms with Crippen LogP contribution >= 0.6 is 15.9 Å². The largest absolute Gasteiger partial charge is 0.326 e. The first-order valence-corrected chi connectivity index (χ1v) is 7.46. The van der Waals surface area contributed by atoms with Crippen molar-refractivity contribution < 1.29 is 4.79 Å². The fraction of sp³-hybridized carbons (Fsp3) is 0.235. The number of carbonyl (C=O) groups is 1. The maximum atomic E-state index is 12.0. The lowest BCUT2D eigenvalue weighted by Gasteiger charge is -2.09. The number of anilines is 1. The summed E-state index contributed by atoms with van der Waals surface area (Å²) in [6.45, 7) is 4.06. The van der Waals surface area contributed by atoms with Crippen LogP contribution in [-0.4, -0.2) is 5.91 Å². The van der Waals surface area contributed by atoms with E-state index in [-0.39, 0.29) is 5.91 Å². The summed E-state index contributed by atoms with van der Waals surface area (Å²) in [5, 5.41) is 2.97. The number of amides is 1. The van der Waals surface area contributed by atoms with E-state index >= 15 is 0 Å². The second-order valence-electron chi connectivity index (χ2n) is 4.93. The third kappa shape index (κ3) is 3.94. The molecule has 0 spiro atoms. The number of benzene rings is 2. The summed E-state index contributed by atoms with van der Waals surface area (Å²) >= 11 is 3.42. The molecule has 0 heterocycles. The number of carbonyl (C=O) groups excluding carboxylic acids is 1. The summed E-state index contributed by atoms with van der Waals surface area (Å²) in [5.74, 6) is 0.0543. The van der Waals surface area contributed by atoms with E-state index in [4.69, 9.17) is 0 Å². The van der Waals surface area contributed by atoms with Gasteiger partial charge < -0.3 is 5.32 Å². The molecule has 0 aromatic heterocycles. The van der Waals surface area contributed by atoms with Crippen molar-refractivity contribution in [1.82, 2.24) is 0 Å².